The number of halogens is 2. The molecule has 4 rings (SSSR count). The second-order valence-electron chi connectivity index (χ2n) is 10.8. The molecular weight excluding hydrogens is 521 g/mol. The summed E-state index contributed by atoms with van der Waals surface area (Å²) in [6, 6.07) is 16.6. The van der Waals surface area contributed by atoms with Crippen molar-refractivity contribution >= 4 is 41.0 Å². The van der Waals surface area contributed by atoms with E-state index in [1.165, 1.54) is 6.42 Å². The molecule has 0 bridgehead atoms. The fourth-order valence-electron chi connectivity index (χ4n) is 4.52. The summed E-state index contributed by atoms with van der Waals surface area (Å²) in [7, 11) is 0. The summed E-state index contributed by atoms with van der Waals surface area (Å²) in [6.45, 7) is 6.38. The van der Waals surface area contributed by atoms with Crippen molar-refractivity contribution in [1.29, 1.82) is 0 Å². The number of nitrogens with one attached hydrogen (secondary N) is 2. The van der Waals surface area contributed by atoms with E-state index in [1.807, 2.05) is 36.4 Å². The van der Waals surface area contributed by atoms with Gasteiger partial charge < -0.3 is 15.5 Å². The van der Waals surface area contributed by atoms with Gasteiger partial charge in [-0.05, 0) is 36.6 Å². The van der Waals surface area contributed by atoms with Gasteiger partial charge in [-0.1, -0.05) is 93.6 Å². The number of benzene rings is 2. The average Bonchev–Trinajstić information content (AvgIpc) is 3.31. The van der Waals surface area contributed by atoms with Crippen LogP contribution in [0, 0.1) is 0 Å². The molecule has 0 unspecified atom stereocenters. The standard InChI is InChI=1S/C29H35Cl2N5O2/c1-29(2,3)25-17-26(36(34-25)22-14-15-23(30)24(31)16-22)33-27(37)19-35(18-20-10-6-4-7-11-20)28(38)32-21-12-8-5-9-13-21/h4,6-7,10-11,14-17,21H,5,8-9,12-13,18-19H2,1-3H3,(H,32,38)(H,33,37). The summed E-state index contributed by atoms with van der Waals surface area (Å²) in [5.74, 6) is 0.173. The van der Waals surface area contributed by atoms with E-state index >= 15 is 0 Å². The highest BCUT2D eigenvalue weighted by Gasteiger charge is 2.25. The topological polar surface area (TPSA) is 79.3 Å². The first-order valence-electron chi connectivity index (χ1n) is 13.1. The number of hydrogen-bond acceptors (Lipinski definition) is 3. The van der Waals surface area contributed by atoms with Crippen LogP contribution in [0.4, 0.5) is 10.6 Å². The molecule has 1 saturated carbocycles. The number of carbonyl (C=O) groups is 2. The molecule has 9 heteroatoms. The monoisotopic (exact) mass is 555 g/mol. The molecule has 2 aromatic carbocycles. The van der Waals surface area contributed by atoms with E-state index in [1.54, 1.807) is 27.8 Å². The molecule has 3 amide bonds. The zero-order valence-electron chi connectivity index (χ0n) is 22.1. The van der Waals surface area contributed by atoms with Gasteiger partial charge in [0.15, 0.2) is 0 Å². The molecule has 1 aromatic heterocycles. The highest BCUT2D eigenvalue weighted by atomic mass is 35.5. The van der Waals surface area contributed by atoms with E-state index in [-0.39, 0.29) is 29.9 Å². The summed E-state index contributed by atoms with van der Waals surface area (Å²) < 4.78 is 1.64. The maximum absolute atomic E-state index is 13.4. The minimum Gasteiger partial charge on any atom is -0.335 e. The molecule has 7 nitrogen and oxygen atoms in total. The van der Waals surface area contributed by atoms with Crippen LogP contribution in [0.25, 0.3) is 5.69 Å². The third-order valence-corrected chi connectivity index (χ3v) is 7.40. The van der Waals surface area contributed by atoms with Gasteiger partial charge in [-0.2, -0.15) is 5.10 Å². The largest absolute Gasteiger partial charge is 0.335 e. The van der Waals surface area contributed by atoms with Crippen LogP contribution in [0.1, 0.15) is 64.1 Å². The van der Waals surface area contributed by atoms with Gasteiger partial charge in [0.05, 0.1) is 21.4 Å². The summed E-state index contributed by atoms with van der Waals surface area (Å²) in [5, 5.41) is 11.7. The van der Waals surface area contributed by atoms with E-state index in [4.69, 9.17) is 28.3 Å². The number of hydrogen-bond donors (Lipinski definition) is 2. The number of anilines is 1. The highest BCUT2D eigenvalue weighted by Crippen LogP contribution is 2.29. The van der Waals surface area contributed by atoms with Gasteiger partial charge in [-0.25, -0.2) is 9.48 Å². The minimum atomic E-state index is -0.318. The second-order valence-corrected chi connectivity index (χ2v) is 11.7. The third kappa shape index (κ3) is 7.29. The zero-order valence-corrected chi connectivity index (χ0v) is 23.6. The molecule has 0 aliphatic heterocycles. The Kier molecular flexibility index (Phi) is 9.00. The molecule has 0 atom stereocenters. The molecule has 0 spiro atoms. The highest BCUT2D eigenvalue weighted by molar-refractivity contribution is 6.42. The van der Waals surface area contributed by atoms with Crippen molar-refractivity contribution in [3.8, 4) is 5.69 Å². The first kappa shape index (κ1) is 28.0. The predicted molar refractivity (Wildman–Crippen MR) is 153 cm³/mol. The van der Waals surface area contributed by atoms with E-state index in [9.17, 15) is 9.59 Å². The lowest BCUT2D eigenvalue weighted by Gasteiger charge is -2.28. The molecule has 2 N–H and O–H groups in total. The summed E-state index contributed by atoms with van der Waals surface area (Å²) >= 11 is 12.4. The molecular formula is C29H35Cl2N5O2. The van der Waals surface area contributed by atoms with Gasteiger partial charge >= 0.3 is 6.03 Å². The predicted octanol–water partition coefficient (Wildman–Crippen LogP) is 6.96. The number of rotatable bonds is 7. The Morgan fingerprint density at radius 3 is 2.37 bits per heavy atom. The molecule has 1 aliphatic rings. The molecule has 38 heavy (non-hydrogen) atoms. The Labute approximate surface area is 234 Å². The van der Waals surface area contributed by atoms with E-state index < -0.39 is 0 Å². The molecule has 1 fully saturated rings. The van der Waals surface area contributed by atoms with Crippen LogP contribution in [0.3, 0.4) is 0 Å². The van der Waals surface area contributed by atoms with Gasteiger partial charge in [0, 0.05) is 24.1 Å². The fraction of sp³-hybridized carbons (Fsp3) is 0.414. The van der Waals surface area contributed by atoms with Crippen LogP contribution < -0.4 is 10.6 Å². The van der Waals surface area contributed by atoms with Crippen molar-refractivity contribution in [2.75, 3.05) is 11.9 Å². The minimum absolute atomic E-state index is 0.106. The average molecular weight is 557 g/mol. The van der Waals surface area contributed by atoms with Crippen LogP contribution in [-0.2, 0) is 16.8 Å². The number of nitrogens with zero attached hydrogens (tertiary/aromatic N) is 3. The van der Waals surface area contributed by atoms with Gasteiger partial charge in [-0.15, -0.1) is 0 Å². The van der Waals surface area contributed by atoms with Gasteiger partial charge in [-0.3, -0.25) is 4.79 Å². The number of aromatic nitrogens is 2. The normalized spacial score (nSPS) is 14.2. The number of urea groups is 1. The molecule has 1 heterocycles. The lowest BCUT2D eigenvalue weighted by molar-refractivity contribution is -0.116. The van der Waals surface area contributed by atoms with E-state index in [0.29, 0.717) is 28.1 Å². The fourth-order valence-corrected chi connectivity index (χ4v) is 4.81. The van der Waals surface area contributed by atoms with Crippen molar-refractivity contribution in [3.63, 3.8) is 0 Å². The maximum Gasteiger partial charge on any atom is 0.318 e. The maximum atomic E-state index is 13.4. The van der Waals surface area contributed by atoms with E-state index in [0.717, 1.165) is 36.9 Å². The Bertz CT molecular complexity index is 1260. The Morgan fingerprint density at radius 1 is 1.00 bits per heavy atom. The first-order valence-corrected chi connectivity index (χ1v) is 13.8. The molecule has 3 aromatic rings. The number of amides is 3. The molecule has 1 aliphatic carbocycles. The molecule has 202 valence electrons. The smallest absolute Gasteiger partial charge is 0.318 e. The summed E-state index contributed by atoms with van der Waals surface area (Å²) in [6.07, 6.45) is 5.36. The molecule has 0 saturated heterocycles. The van der Waals surface area contributed by atoms with Gasteiger partial charge in [0.2, 0.25) is 5.91 Å². The first-order chi connectivity index (χ1) is 18.1. The zero-order chi connectivity index (χ0) is 27.3. The Morgan fingerprint density at radius 2 is 1.71 bits per heavy atom. The van der Waals surface area contributed by atoms with Crippen molar-refractivity contribution in [2.24, 2.45) is 0 Å². The Hall–Kier alpha value is -3.03. The second kappa shape index (κ2) is 12.2. The van der Waals surface area contributed by atoms with Crippen LogP contribution in [-0.4, -0.2) is 39.2 Å². The van der Waals surface area contributed by atoms with Crippen LogP contribution in [0.5, 0.6) is 0 Å². The molecule has 0 radical (unpaired) electrons. The summed E-state index contributed by atoms with van der Waals surface area (Å²) in [4.78, 5) is 28.2. The van der Waals surface area contributed by atoms with Crippen LogP contribution in [0.2, 0.25) is 10.0 Å². The third-order valence-electron chi connectivity index (χ3n) is 6.66. The van der Waals surface area contributed by atoms with Crippen molar-refractivity contribution in [2.45, 2.75) is 70.9 Å². The lowest BCUT2D eigenvalue weighted by atomic mass is 9.92. The summed E-state index contributed by atoms with van der Waals surface area (Å²) in [5.41, 5.74) is 2.17. The van der Waals surface area contributed by atoms with Gasteiger partial charge in [0.25, 0.3) is 0 Å². The SMILES string of the molecule is CC(C)(C)c1cc(NC(=O)CN(Cc2ccccc2)C(=O)NC2CCCCC2)n(-c2ccc(Cl)c(Cl)c2)n1. The van der Waals surface area contributed by atoms with Crippen LogP contribution in [0.15, 0.2) is 54.6 Å². The lowest BCUT2D eigenvalue weighted by Crippen LogP contribution is -2.47. The quantitative estimate of drug-likeness (QED) is 0.330. The Balaban J connectivity index is 1.56. The van der Waals surface area contributed by atoms with E-state index in [2.05, 4.69) is 31.4 Å². The van der Waals surface area contributed by atoms with Gasteiger partial charge in [0.1, 0.15) is 12.4 Å². The van der Waals surface area contributed by atoms with Crippen molar-refractivity contribution < 1.29 is 9.59 Å². The van der Waals surface area contributed by atoms with Crippen LogP contribution >= 0.6 is 23.2 Å². The van der Waals surface area contributed by atoms with Crippen molar-refractivity contribution in [3.05, 3.63) is 75.9 Å². The number of carbonyl (C=O) groups excluding carboxylic acids is 2. The van der Waals surface area contributed by atoms with Crippen molar-refractivity contribution in [1.82, 2.24) is 20.0 Å².